The average molecular weight is 347 g/mol. The fourth-order valence-electron chi connectivity index (χ4n) is 2.42. The van der Waals surface area contributed by atoms with Gasteiger partial charge >= 0.3 is 7.82 Å². The lowest BCUT2D eigenvalue weighted by molar-refractivity contribution is -0.0505. The highest BCUT2D eigenvalue weighted by molar-refractivity contribution is 7.46. The van der Waals surface area contributed by atoms with E-state index in [1.807, 2.05) is 0 Å². The normalized spacial score (nSPS) is 28.5. The van der Waals surface area contributed by atoms with Crippen molar-refractivity contribution in [1.29, 1.82) is 0 Å². The van der Waals surface area contributed by atoms with Gasteiger partial charge in [-0.15, -0.1) is 0 Å². The van der Waals surface area contributed by atoms with E-state index in [1.54, 1.807) is 0 Å². The number of nitrogens with two attached hydrogens (primary N) is 1. The molecule has 0 spiro atoms. The zero-order valence-electron chi connectivity index (χ0n) is 11.5. The van der Waals surface area contributed by atoms with Gasteiger partial charge in [-0.3, -0.25) is 9.09 Å². The Morgan fingerprint density at radius 1 is 1.39 bits per heavy atom. The molecule has 1 fully saturated rings. The van der Waals surface area contributed by atoms with E-state index in [0.29, 0.717) is 0 Å². The smallest absolute Gasteiger partial charge is 0.394 e. The third-order valence-electron chi connectivity index (χ3n) is 3.41. The van der Waals surface area contributed by atoms with Crippen LogP contribution >= 0.6 is 7.82 Å². The van der Waals surface area contributed by atoms with Gasteiger partial charge in [0.25, 0.3) is 0 Å². The number of phosphoric ester groups is 1. The number of nitrogens with zero attached hydrogens (tertiary/aromatic N) is 4. The molecule has 13 heteroatoms. The zero-order valence-corrected chi connectivity index (χ0v) is 12.4. The second kappa shape index (κ2) is 5.76. The number of phosphoric acid groups is 1. The molecule has 2 aromatic heterocycles. The van der Waals surface area contributed by atoms with Crippen molar-refractivity contribution in [3.05, 3.63) is 12.7 Å². The Morgan fingerprint density at radius 3 is 2.78 bits per heavy atom. The summed E-state index contributed by atoms with van der Waals surface area (Å²) in [5.41, 5.74) is 6.16. The molecule has 0 amide bonds. The number of hydrogen-bond donors (Lipinski definition) is 5. The third-order valence-corrected chi connectivity index (χ3v) is 3.93. The van der Waals surface area contributed by atoms with Gasteiger partial charge in [0, 0.05) is 0 Å². The molecule has 23 heavy (non-hydrogen) atoms. The standard InChI is InChI=1S/C10H14N5O7P/c11-8-5-9(13-2-12-8)15(3-14-5)10-7(22-23(18,19)20)6(17)4(1-16)21-10/h2-4,6-7,10,16-17H,1H2,(H2,11,12,13)(H2,18,19,20)/t4-,6-,7+,10-/m1/s1. The lowest BCUT2D eigenvalue weighted by Gasteiger charge is -2.21. The first-order chi connectivity index (χ1) is 10.8. The monoisotopic (exact) mass is 347 g/mol. The van der Waals surface area contributed by atoms with Gasteiger partial charge in [-0.25, -0.2) is 19.5 Å². The van der Waals surface area contributed by atoms with Crippen LogP contribution in [0.1, 0.15) is 6.23 Å². The van der Waals surface area contributed by atoms with E-state index in [4.69, 9.17) is 20.3 Å². The van der Waals surface area contributed by atoms with E-state index in [9.17, 15) is 14.8 Å². The van der Waals surface area contributed by atoms with Crippen molar-refractivity contribution < 1.29 is 33.8 Å². The molecular weight excluding hydrogens is 333 g/mol. The van der Waals surface area contributed by atoms with Crippen LogP contribution in [-0.2, 0) is 13.8 Å². The Bertz CT molecular complexity index is 763. The molecule has 3 rings (SSSR count). The average Bonchev–Trinajstić information content (AvgIpc) is 3.01. The van der Waals surface area contributed by atoms with Crippen molar-refractivity contribution in [3.63, 3.8) is 0 Å². The molecule has 6 N–H and O–H groups in total. The first kappa shape index (κ1) is 16.2. The summed E-state index contributed by atoms with van der Waals surface area (Å²) >= 11 is 0. The Hall–Kier alpha value is -1.66. The molecule has 2 aromatic rings. The van der Waals surface area contributed by atoms with Gasteiger partial charge in [0.2, 0.25) is 0 Å². The minimum absolute atomic E-state index is 0.110. The fourth-order valence-corrected chi connectivity index (χ4v) is 2.97. The molecule has 12 nitrogen and oxygen atoms in total. The number of ether oxygens (including phenoxy) is 1. The number of aromatic nitrogens is 4. The van der Waals surface area contributed by atoms with Crippen LogP contribution in [0.4, 0.5) is 5.82 Å². The van der Waals surface area contributed by atoms with Crippen molar-refractivity contribution in [2.45, 2.75) is 24.5 Å². The summed E-state index contributed by atoms with van der Waals surface area (Å²) in [7, 11) is -4.91. The van der Waals surface area contributed by atoms with Gasteiger partial charge in [0.05, 0.1) is 12.9 Å². The molecule has 0 radical (unpaired) electrons. The van der Waals surface area contributed by atoms with Crippen LogP contribution in [0.3, 0.4) is 0 Å². The SMILES string of the molecule is Nc1ncnc2c1ncn2[C@@H]1O[C@H](CO)[C@@H](O)[C@@H]1OP(=O)(O)O. The highest BCUT2D eigenvalue weighted by Gasteiger charge is 2.48. The summed E-state index contributed by atoms with van der Waals surface area (Å²) < 4.78 is 22.5. The third kappa shape index (κ3) is 2.93. The Labute approximate surface area is 128 Å². The van der Waals surface area contributed by atoms with E-state index in [0.717, 1.165) is 0 Å². The maximum absolute atomic E-state index is 11.1. The van der Waals surface area contributed by atoms with Crippen molar-refractivity contribution in [1.82, 2.24) is 19.5 Å². The highest BCUT2D eigenvalue weighted by atomic mass is 31.2. The Balaban J connectivity index is 2.04. The molecule has 0 saturated carbocycles. The van der Waals surface area contributed by atoms with Gasteiger partial charge in [-0.1, -0.05) is 0 Å². The second-order valence-corrected chi connectivity index (χ2v) is 6.07. The van der Waals surface area contributed by atoms with E-state index >= 15 is 0 Å². The maximum atomic E-state index is 11.1. The molecule has 1 aliphatic heterocycles. The number of aliphatic hydroxyl groups is 2. The number of hydrogen-bond acceptors (Lipinski definition) is 9. The number of fused-ring (bicyclic) bond motifs is 1. The Kier molecular flexibility index (Phi) is 4.06. The molecule has 4 atom stereocenters. The zero-order chi connectivity index (χ0) is 16.8. The molecule has 0 unspecified atom stereocenters. The molecular formula is C10H14N5O7P. The summed E-state index contributed by atoms with van der Waals surface area (Å²) in [5, 5.41) is 19.3. The van der Waals surface area contributed by atoms with Crippen molar-refractivity contribution in [2.75, 3.05) is 12.3 Å². The van der Waals surface area contributed by atoms with E-state index in [1.165, 1.54) is 17.2 Å². The summed E-state index contributed by atoms with van der Waals surface area (Å²) in [6.45, 7) is -0.567. The van der Waals surface area contributed by atoms with Crippen molar-refractivity contribution in [3.8, 4) is 0 Å². The number of anilines is 1. The topological polar surface area (TPSA) is 186 Å². The first-order valence-corrected chi connectivity index (χ1v) is 7.96. The molecule has 1 saturated heterocycles. The number of nitrogen functional groups attached to an aromatic ring is 1. The summed E-state index contributed by atoms with van der Waals surface area (Å²) in [5.74, 6) is 0.110. The summed E-state index contributed by atoms with van der Waals surface area (Å²) in [4.78, 5) is 29.8. The fraction of sp³-hybridized carbons (Fsp3) is 0.500. The molecule has 0 bridgehead atoms. The molecule has 3 heterocycles. The summed E-state index contributed by atoms with van der Waals surface area (Å²) in [6, 6.07) is 0. The predicted molar refractivity (Wildman–Crippen MR) is 73.7 cm³/mol. The molecule has 126 valence electrons. The van der Waals surface area contributed by atoms with Gasteiger partial charge in [0.1, 0.15) is 30.2 Å². The van der Waals surface area contributed by atoms with Gasteiger partial charge in [0.15, 0.2) is 17.7 Å². The number of rotatable bonds is 4. The van der Waals surface area contributed by atoms with Crippen LogP contribution in [0.25, 0.3) is 11.2 Å². The second-order valence-electron chi connectivity index (χ2n) is 4.88. The van der Waals surface area contributed by atoms with Crippen LogP contribution in [0, 0.1) is 0 Å². The largest absolute Gasteiger partial charge is 0.470 e. The lowest BCUT2D eigenvalue weighted by Crippen LogP contribution is -2.34. The van der Waals surface area contributed by atoms with E-state index < -0.39 is 39.0 Å². The first-order valence-electron chi connectivity index (χ1n) is 6.43. The van der Waals surface area contributed by atoms with Crippen LogP contribution in [-0.4, -0.2) is 64.4 Å². The number of aliphatic hydroxyl groups excluding tert-OH is 2. The van der Waals surface area contributed by atoms with Crippen LogP contribution in [0.5, 0.6) is 0 Å². The van der Waals surface area contributed by atoms with E-state index in [2.05, 4.69) is 19.5 Å². The van der Waals surface area contributed by atoms with Gasteiger partial charge < -0.3 is 30.5 Å². The highest BCUT2D eigenvalue weighted by Crippen LogP contribution is 2.45. The van der Waals surface area contributed by atoms with Crippen molar-refractivity contribution >= 4 is 24.8 Å². The van der Waals surface area contributed by atoms with E-state index in [-0.39, 0.29) is 17.0 Å². The molecule has 0 aromatic carbocycles. The quantitative estimate of drug-likeness (QED) is 0.390. The summed E-state index contributed by atoms with van der Waals surface area (Å²) in [6.07, 6.45) is -2.72. The van der Waals surface area contributed by atoms with Gasteiger partial charge in [-0.2, -0.15) is 0 Å². The molecule has 1 aliphatic rings. The van der Waals surface area contributed by atoms with Crippen LogP contribution in [0.2, 0.25) is 0 Å². The lowest BCUT2D eigenvalue weighted by atomic mass is 10.1. The molecule has 0 aliphatic carbocycles. The number of imidazole rings is 1. The van der Waals surface area contributed by atoms with Gasteiger partial charge in [-0.05, 0) is 0 Å². The minimum atomic E-state index is -4.91. The predicted octanol–water partition coefficient (Wildman–Crippen LogP) is -1.86. The van der Waals surface area contributed by atoms with Crippen molar-refractivity contribution in [2.24, 2.45) is 0 Å². The van der Waals surface area contributed by atoms with Crippen LogP contribution < -0.4 is 5.73 Å². The Morgan fingerprint density at radius 2 is 2.13 bits per heavy atom. The minimum Gasteiger partial charge on any atom is -0.394 e. The van der Waals surface area contributed by atoms with Crippen LogP contribution in [0.15, 0.2) is 12.7 Å². The maximum Gasteiger partial charge on any atom is 0.470 e.